The lowest BCUT2D eigenvalue weighted by Gasteiger charge is -2.32. The Balaban J connectivity index is 1.40. The van der Waals surface area contributed by atoms with Crippen LogP contribution in [0.3, 0.4) is 0 Å². The van der Waals surface area contributed by atoms with Crippen LogP contribution in [0, 0.1) is 0 Å². The number of hydrogen-bond acceptors (Lipinski definition) is 8. The van der Waals surface area contributed by atoms with Crippen LogP contribution in [0.2, 0.25) is 0 Å². The fourth-order valence-electron chi connectivity index (χ4n) is 4.23. The van der Waals surface area contributed by atoms with Gasteiger partial charge in [0.05, 0.1) is 29.5 Å². The van der Waals surface area contributed by atoms with E-state index in [-0.39, 0.29) is 23.8 Å². The minimum absolute atomic E-state index is 0.0801. The van der Waals surface area contributed by atoms with Gasteiger partial charge in [0.15, 0.2) is 5.75 Å². The van der Waals surface area contributed by atoms with Gasteiger partial charge in [0.2, 0.25) is 0 Å². The molecular weight excluding hydrogens is 483 g/mol. The van der Waals surface area contributed by atoms with E-state index >= 15 is 0 Å². The Labute approximate surface area is 199 Å². The van der Waals surface area contributed by atoms with Crippen molar-refractivity contribution in [3.63, 3.8) is 0 Å². The molecule has 36 heavy (non-hydrogen) atoms. The number of halogens is 3. The Morgan fingerprint density at radius 1 is 1.31 bits per heavy atom. The lowest BCUT2D eigenvalue weighted by atomic mass is 9.99. The maximum absolute atomic E-state index is 13.5. The monoisotopic (exact) mass is 499 g/mol. The molecule has 0 saturated carbocycles. The summed E-state index contributed by atoms with van der Waals surface area (Å²) in [5, 5.41) is 16.3. The van der Waals surface area contributed by atoms with Crippen LogP contribution in [0.4, 0.5) is 13.2 Å². The first-order valence-electron chi connectivity index (χ1n) is 10.7. The van der Waals surface area contributed by atoms with Crippen LogP contribution in [0.25, 0.3) is 17.0 Å². The molecule has 1 atom stereocenters. The predicted octanol–water partition coefficient (Wildman–Crippen LogP) is 2.53. The Morgan fingerprint density at radius 2 is 2.17 bits per heavy atom. The minimum atomic E-state index is -4.88. The van der Waals surface area contributed by atoms with Crippen molar-refractivity contribution in [1.82, 2.24) is 44.5 Å². The van der Waals surface area contributed by atoms with E-state index in [1.165, 1.54) is 46.3 Å². The van der Waals surface area contributed by atoms with E-state index in [1.807, 2.05) is 0 Å². The van der Waals surface area contributed by atoms with Crippen molar-refractivity contribution in [2.45, 2.75) is 18.8 Å². The average molecular weight is 499 g/mol. The summed E-state index contributed by atoms with van der Waals surface area (Å²) in [6.45, 7) is 0.253. The number of pyridine rings is 1. The van der Waals surface area contributed by atoms with E-state index in [4.69, 9.17) is 4.42 Å². The van der Waals surface area contributed by atoms with Gasteiger partial charge in [-0.3, -0.25) is 9.48 Å². The van der Waals surface area contributed by atoms with E-state index in [9.17, 15) is 18.0 Å². The second kappa shape index (κ2) is 7.93. The number of ether oxygens (including phenoxy) is 1. The summed E-state index contributed by atoms with van der Waals surface area (Å²) in [6, 6.07) is 3.19. The highest BCUT2D eigenvalue weighted by Gasteiger charge is 2.39. The Hall–Kier alpha value is -4.69. The molecule has 15 heteroatoms. The maximum atomic E-state index is 13.5. The Morgan fingerprint density at radius 3 is 2.94 bits per heavy atom. The van der Waals surface area contributed by atoms with Gasteiger partial charge in [-0.1, -0.05) is 0 Å². The molecule has 1 N–H and O–H groups in total. The van der Waals surface area contributed by atoms with Gasteiger partial charge in [-0.2, -0.15) is 10.2 Å². The molecule has 5 aromatic heterocycles. The van der Waals surface area contributed by atoms with Crippen molar-refractivity contribution in [3.8, 4) is 17.2 Å². The minimum Gasteiger partial charge on any atom is -0.412 e. The maximum Gasteiger partial charge on any atom is 0.573 e. The molecule has 184 valence electrons. The fraction of sp³-hybridized carbons (Fsp3) is 0.238. The molecule has 6 rings (SSSR count). The number of fused-ring (bicyclic) bond motifs is 2. The number of nitrogens with zero attached hydrogens (tertiary/aromatic N) is 8. The summed E-state index contributed by atoms with van der Waals surface area (Å²) in [5.41, 5.74) is 2.22. The fourth-order valence-corrected chi connectivity index (χ4v) is 4.23. The molecule has 6 heterocycles. The van der Waals surface area contributed by atoms with E-state index in [0.717, 1.165) is 5.69 Å². The Kier molecular flexibility index (Phi) is 4.80. The lowest BCUT2D eigenvalue weighted by molar-refractivity contribution is -0.274. The number of aryl methyl sites for hydroxylation is 1. The largest absolute Gasteiger partial charge is 0.573 e. The number of carbonyl (C=O) groups excluding carboxylic acids is 1. The van der Waals surface area contributed by atoms with E-state index in [1.54, 1.807) is 17.9 Å². The number of imidazole rings is 1. The second-order valence-electron chi connectivity index (χ2n) is 8.05. The van der Waals surface area contributed by atoms with Crippen LogP contribution in [0.15, 0.2) is 47.5 Å². The van der Waals surface area contributed by atoms with Crippen molar-refractivity contribution in [1.29, 1.82) is 0 Å². The van der Waals surface area contributed by atoms with Crippen LogP contribution in [0.5, 0.6) is 5.75 Å². The molecule has 1 amide bonds. The molecule has 5 aromatic rings. The van der Waals surface area contributed by atoms with Crippen LogP contribution in [-0.4, -0.2) is 63.3 Å². The van der Waals surface area contributed by atoms with Crippen molar-refractivity contribution in [2.24, 2.45) is 7.05 Å². The smallest absolute Gasteiger partial charge is 0.412 e. The first-order valence-corrected chi connectivity index (χ1v) is 10.7. The first kappa shape index (κ1) is 21.8. The summed E-state index contributed by atoms with van der Waals surface area (Å²) in [4.78, 5) is 22.4. The van der Waals surface area contributed by atoms with Gasteiger partial charge in [0.1, 0.15) is 11.6 Å². The van der Waals surface area contributed by atoms with Crippen molar-refractivity contribution in [2.75, 3.05) is 6.54 Å². The van der Waals surface area contributed by atoms with Gasteiger partial charge in [0.25, 0.3) is 5.89 Å². The third-order valence-corrected chi connectivity index (χ3v) is 5.73. The van der Waals surface area contributed by atoms with Gasteiger partial charge in [-0.25, -0.2) is 9.50 Å². The SMILES string of the molecule is Cn1cc(-c2nnc(C(=O)N3CCc4[nH]cnc4[C@H]3c3cc4c(OC(F)(F)F)cccn4n3)o2)cn1. The number of aromatic amines is 1. The van der Waals surface area contributed by atoms with Crippen LogP contribution in [-0.2, 0) is 13.5 Å². The second-order valence-corrected chi connectivity index (χ2v) is 8.05. The molecule has 0 saturated heterocycles. The number of aromatic nitrogens is 8. The van der Waals surface area contributed by atoms with Crippen LogP contribution >= 0.6 is 0 Å². The van der Waals surface area contributed by atoms with Crippen molar-refractivity contribution in [3.05, 3.63) is 66.1 Å². The number of H-pyrrole nitrogens is 1. The van der Waals surface area contributed by atoms with Gasteiger partial charge < -0.3 is 19.0 Å². The molecule has 0 aliphatic carbocycles. The van der Waals surface area contributed by atoms with Gasteiger partial charge >= 0.3 is 18.2 Å². The molecule has 0 unspecified atom stereocenters. The highest BCUT2D eigenvalue weighted by Crippen LogP contribution is 2.36. The normalized spacial score (nSPS) is 15.9. The number of hydrogen-bond donors (Lipinski definition) is 1. The molecule has 12 nitrogen and oxygen atoms in total. The Bertz CT molecular complexity index is 1580. The van der Waals surface area contributed by atoms with Crippen LogP contribution in [0.1, 0.15) is 33.8 Å². The molecule has 0 bridgehead atoms. The molecule has 0 aromatic carbocycles. The zero-order valence-corrected chi connectivity index (χ0v) is 18.5. The summed E-state index contributed by atoms with van der Waals surface area (Å²) in [5.74, 6) is -1.11. The first-order chi connectivity index (χ1) is 17.3. The third kappa shape index (κ3) is 3.73. The van der Waals surface area contributed by atoms with Gasteiger partial charge in [0, 0.05) is 38.1 Å². The zero-order valence-electron chi connectivity index (χ0n) is 18.5. The molecule has 0 fully saturated rings. The number of rotatable bonds is 4. The van der Waals surface area contributed by atoms with E-state index < -0.39 is 24.1 Å². The van der Waals surface area contributed by atoms with E-state index in [0.29, 0.717) is 23.4 Å². The van der Waals surface area contributed by atoms with Crippen LogP contribution < -0.4 is 4.74 Å². The third-order valence-electron chi connectivity index (χ3n) is 5.73. The number of carbonyl (C=O) groups is 1. The standard InChI is InChI=1S/C21H16F3N9O3/c1-31-9-11(8-27-31)18-28-29-19(35-18)20(34)32-6-4-12-16(26-10-25-12)17(32)13-7-14-15(36-21(22,23)24)3-2-5-33(14)30-13/h2-3,5,7-10,17H,4,6H2,1H3,(H,25,26)/t17-/m1/s1. The van der Waals surface area contributed by atoms with Crippen molar-refractivity contribution < 1.29 is 27.1 Å². The van der Waals surface area contributed by atoms with Gasteiger partial charge in [-0.05, 0) is 18.2 Å². The molecule has 0 spiro atoms. The predicted molar refractivity (Wildman–Crippen MR) is 114 cm³/mol. The average Bonchev–Trinajstić information content (AvgIpc) is 3.62. The van der Waals surface area contributed by atoms with Gasteiger partial charge in [-0.15, -0.1) is 23.4 Å². The number of nitrogens with one attached hydrogen (secondary N) is 1. The highest BCUT2D eigenvalue weighted by molar-refractivity contribution is 5.90. The highest BCUT2D eigenvalue weighted by atomic mass is 19.4. The number of alkyl halides is 3. The molecule has 1 aliphatic heterocycles. The van der Waals surface area contributed by atoms with Crippen molar-refractivity contribution >= 4 is 11.4 Å². The summed E-state index contributed by atoms with van der Waals surface area (Å²) in [6.07, 6.45) is 1.76. The van der Waals surface area contributed by atoms with E-state index in [2.05, 4.69) is 35.1 Å². The molecule has 0 radical (unpaired) electrons. The lowest BCUT2D eigenvalue weighted by Crippen LogP contribution is -2.41. The quantitative estimate of drug-likeness (QED) is 0.399. The summed E-state index contributed by atoms with van der Waals surface area (Å²) < 4.78 is 51.4. The molecule has 1 aliphatic rings. The molecular formula is C21H16F3N9O3. The zero-order chi connectivity index (χ0) is 25.0. The number of amides is 1. The summed E-state index contributed by atoms with van der Waals surface area (Å²) >= 11 is 0. The topological polar surface area (TPSA) is 132 Å². The summed E-state index contributed by atoms with van der Waals surface area (Å²) in [7, 11) is 1.73.